The maximum atomic E-state index is 4.35. The quantitative estimate of drug-likeness (QED) is 0.750. The molecular weight excluding hydrogens is 228 g/mol. The summed E-state index contributed by atoms with van der Waals surface area (Å²) in [4.78, 5) is 4.34. The predicted octanol–water partition coefficient (Wildman–Crippen LogP) is 1.35. The molecule has 0 saturated heterocycles. The van der Waals surface area contributed by atoms with Crippen molar-refractivity contribution in [3.63, 3.8) is 0 Å². The third kappa shape index (κ3) is 2.04. The molecule has 18 heavy (non-hydrogen) atoms. The van der Waals surface area contributed by atoms with Crippen LogP contribution in [0.2, 0.25) is 0 Å². The van der Waals surface area contributed by atoms with E-state index >= 15 is 0 Å². The number of aromatic nitrogens is 5. The summed E-state index contributed by atoms with van der Waals surface area (Å²) < 4.78 is 3.72. The molecule has 0 radical (unpaired) electrons. The average Bonchev–Trinajstić information content (AvgIpc) is 2.97. The Hall–Kier alpha value is -2.37. The molecule has 3 rings (SSSR count). The van der Waals surface area contributed by atoms with Crippen LogP contribution in [0, 0.1) is 6.92 Å². The SMILES string of the molecule is Cc1cc2c(NCCn3cccn3)nccn2n1. The van der Waals surface area contributed by atoms with Crippen molar-refractivity contribution in [2.75, 3.05) is 11.9 Å². The number of fused-ring (bicyclic) bond motifs is 1. The summed E-state index contributed by atoms with van der Waals surface area (Å²) in [6, 6.07) is 3.93. The van der Waals surface area contributed by atoms with Crippen molar-refractivity contribution in [1.82, 2.24) is 24.4 Å². The highest BCUT2D eigenvalue weighted by atomic mass is 15.3. The zero-order valence-electron chi connectivity index (χ0n) is 10.1. The van der Waals surface area contributed by atoms with Gasteiger partial charge in [-0.3, -0.25) is 4.68 Å². The van der Waals surface area contributed by atoms with E-state index in [0.29, 0.717) is 0 Å². The van der Waals surface area contributed by atoms with Gasteiger partial charge in [-0.2, -0.15) is 10.2 Å². The van der Waals surface area contributed by atoms with E-state index in [0.717, 1.165) is 30.1 Å². The van der Waals surface area contributed by atoms with Crippen LogP contribution in [0.4, 0.5) is 5.82 Å². The summed E-state index contributed by atoms with van der Waals surface area (Å²) in [5.41, 5.74) is 1.98. The standard InChI is InChI=1S/C12H14N6/c1-10-9-11-12(14-5-8-18(11)16-10)13-4-7-17-6-2-3-15-17/h2-3,5-6,8-9H,4,7H2,1H3,(H,13,14). The van der Waals surface area contributed by atoms with Crippen molar-refractivity contribution < 1.29 is 0 Å². The first-order valence-corrected chi connectivity index (χ1v) is 5.85. The Morgan fingerprint density at radius 1 is 1.28 bits per heavy atom. The maximum absolute atomic E-state index is 4.35. The third-order valence-corrected chi connectivity index (χ3v) is 2.70. The Morgan fingerprint density at radius 2 is 2.22 bits per heavy atom. The van der Waals surface area contributed by atoms with Crippen LogP contribution in [-0.4, -0.2) is 30.9 Å². The second-order valence-electron chi connectivity index (χ2n) is 4.09. The van der Waals surface area contributed by atoms with E-state index in [4.69, 9.17) is 0 Å². The number of nitrogens with zero attached hydrogens (tertiary/aromatic N) is 5. The number of nitrogens with one attached hydrogen (secondary N) is 1. The van der Waals surface area contributed by atoms with Crippen LogP contribution >= 0.6 is 0 Å². The maximum Gasteiger partial charge on any atom is 0.152 e. The highest BCUT2D eigenvalue weighted by Gasteiger charge is 2.04. The molecule has 0 aromatic carbocycles. The van der Waals surface area contributed by atoms with E-state index < -0.39 is 0 Å². The van der Waals surface area contributed by atoms with Gasteiger partial charge in [0.1, 0.15) is 5.52 Å². The molecule has 0 spiro atoms. The van der Waals surface area contributed by atoms with E-state index in [1.54, 1.807) is 12.4 Å². The van der Waals surface area contributed by atoms with Crippen molar-refractivity contribution in [2.24, 2.45) is 0 Å². The van der Waals surface area contributed by atoms with Gasteiger partial charge < -0.3 is 5.32 Å². The zero-order valence-corrected chi connectivity index (χ0v) is 10.1. The van der Waals surface area contributed by atoms with E-state index in [9.17, 15) is 0 Å². The van der Waals surface area contributed by atoms with Crippen molar-refractivity contribution in [2.45, 2.75) is 13.5 Å². The lowest BCUT2D eigenvalue weighted by Gasteiger charge is -2.06. The molecule has 0 aliphatic carbocycles. The Balaban J connectivity index is 1.74. The summed E-state index contributed by atoms with van der Waals surface area (Å²) in [5, 5.41) is 11.8. The number of hydrogen-bond acceptors (Lipinski definition) is 4. The van der Waals surface area contributed by atoms with Crippen LogP contribution in [0.1, 0.15) is 5.69 Å². The Bertz CT molecular complexity index is 640. The molecule has 0 atom stereocenters. The minimum Gasteiger partial charge on any atom is -0.366 e. The molecule has 6 nitrogen and oxygen atoms in total. The lowest BCUT2D eigenvalue weighted by atomic mass is 10.4. The summed E-state index contributed by atoms with van der Waals surface area (Å²) >= 11 is 0. The number of hydrogen-bond donors (Lipinski definition) is 1. The van der Waals surface area contributed by atoms with Gasteiger partial charge in [0, 0.05) is 31.3 Å². The highest BCUT2D eigenvalue weighted by molar-refractivity contribution is 5.67. The molecule has 0 fully saturated rings. The number of aryl methyl sites for hydroxylation is 1. The second kappa shape index (κ2) is 4.48. The summed E-state index contributed by atoms with van der Waals surface area (Å²) in [7, 11) is 0. The molecule has 0 unspecified atom stereocenters. The van der Waals surface area contributed by atoms with Crippen LogP contribution in [0.25, 0.3) is 5.52 Å². The predicted molar refractivity (Wildman–Crippen MR) is 68.4 cm³/mol. The molecule has 3 aromatic heterocycles. The first-order valence-electron chi connectivity index (χ1n) is 5.85. The fraction of sp³-hybridized carbons (Fsp3) is 0.250. The fourth-order valence-corrected chi connectivity index (χ4v) is 1.90. The lowest BCUT2D eigenvalue weighted by molar-refractivity contribution is 0.637. The van der Waals surface area contributed by atoms with Gasteiger partial charge in [-0.1, -0.05) is 0 Å². The van der Waals surface area contributed by atoms with Gasteiger partial charge >= 0.3 is 0 Å². The lowest BCUT2D eigenvalue weighted by Crippen LogP contribution is -2.12. The highest BCUT2D eigenvalue weighted by Crippen LogP contribution is 2.14. The Labute approximate surface area is 104 Å². The molecule has 0 bridgehead atoms. The van der Waals surface area contributed by atoms with E-state index in [-0.39, 0.29) is 0 Å². The van der Waals surface area contributed by atoms with Gasteiger partial charge in [0.05, 0.1) is 12.2 Å². The fourth-order valence-electron chi connectivity index (χ4n) is 1.90. The van der Waals surface area contributed by atoms with E-state index in [2.05, 4.69) is 20.5 Å². The van der Waals surface area contributed by atoms with Gasteiger partial charge in [0.15, 0.2) is 5.82 Å². The zero-order chi connectivity index (χ0) is 12.4. The summed E-state index contributed by atoms with van der Waals surface area (Å²) in [6.07, 6.45) is 7.31. The van der Waals surface area contributed by atoms with E-state index in [1.807, 2.05) is 40.6 Å². The Morgan fingerprint density at radius 3 is 3.06 bits per heavy atom. The largest absolute Gasteiger partial charge is 0.366 e. The van der Waals surface area contributed by atoms with Crippen molar-refractivity contribution in [3.8, 4) is 0 Å². The van der Waals surface area contributed by atoms with Crippen LogP contribution in [0.3, 0.4) is 0 Å². The normalized spacial score (nSPS) is 10.9. The smallest absolute Gasteiger partial charge is 0.152 e. The molecule has 3 heterocycles. The molecule has 92 valence electrons. The van der Waals surface area contributed by atoms with Gasteiger partial charge in [0.25, 0.3) is 0 Å². The molecule has 1 N–H and O–H groups in total. The average molecular weight is 242 g/mol. The number of rotatable bonds is 4. The number of anilines is 1. The van der Waals surface area contributed by atoms with Gasteiger partial charge in [-0.05, 0) is 19.1 Å². The minimum atomic E-state index is 0.776. The third-order valence-electron chi connectivity index (χ3n) is 2.70. The van der Waals surface area contributed by atoms with Gasteiger partial charge in [-0.25, -0.2) is 9.50 Å². The van der Waals surface area contributed by atoms with Crippen molar-refractivity contribution >= 4 is 11.3 Å². The van der Waals surface area contributed by atoms with Gasteiger partial charge in [-0.15, -0.1) is 0 Å². The van der Waals surface area contributed by atoms with Crippen molar-refractivity contribution in [1.29, 1.82) is 0 Å². The molecule has 0 aliphatic heterocycles. The summed E-state index contributed by atoms with van der Waals surface area (Å²) in [5.74, 6) is 0.852. The van der Waals surface area contributed by atoms with Crippen LogP contribution in [0.15, 0.2) is 36.9 Å². The molecule has 0 saturated carbocycles. The molecule has 0 amide bonds. The first-order chi connectivity index (χ1) is 8.83. The molecule has 6 heteroatoms. The Kier molecular flexibility index (Phi) is 2.68. The topological polar surface area (TPSA) is 60.0 Å². The van der Waals surface area contributed by atoms with Crippen LogP contribution in [0.5, 0.6) is 0 Å². The molecule has 3 aromatic rings. The molecular formula is C12H14N6. The van der Waals surface area contributed by atoms with Crippen LogP contribution in [-0.2, 0) is 6.54 Å². The van der Waals surface area contributed by atoms with Gasteiger partial charge in [0.2, 0.25) is 0 Å². The second-order valence-corrected chi connectivity index (χ2v) is 4.09. The minimum absolute atomic E-state index is 0.776. The first kappa shape index (κ1) is 10.8. The molecule has 0 aliphatic rings. The van der Waals surface area contributed by atoms with Crippen LogP contribution < -0.4 is 5.32 Å². The van der Waals surface area contributed by atoms with Crippen molar-refractivity contribution in [3.05, 3.63) is 42.6 Å². The van der Waals surface area contributed by atoms with E-state index in [1.165, 1.54) is 0 Å². The monoisotopic (exact) mass is 242 g/mol. The summed E-state index contributed by atoms with van der Waals surface area (Å²) in [6.45, 7) is 3.56.